The summed E-state index contributed by atoms with van der Waals surface area (Å²) >= 11 is 5.82. The molecule has 0 fully saturated rings. The van der Waals surface area contributed by atoms with E-state index < -0.39 is 0 Å². The minimum Gasteiger partial charge on any atom is -0.491 e. The maximum absolute atomic E-state index is 9.22. The van der Waals surface area contributed by atoms with Gasteiger partial charge in [0.05, 0.1) is 17.9 Å². The maximum Gasteiger partial charge on any atom is 0.222 e. The minimum absolute atomic E-state index is 0.166. The summed E-state index contributed by atoms with van der Waals surface area (Å²) in [6.07, 6.45) is 1.58. The number of nitrogens with zero attached hydrogens (tertiary/aromatic N) is 3. The summed E-state index contributed by atoms with van der Waals surface area (Å²) in [5.74, 6) is 0.905. The monoisotopic (exact) mass is 287 g/mol. The van der Waals surface area contributed by atoms with Gasteiger partial charge in [-0.15, -0.1) is 0 Å². The molecule has 0 aliphatic heterocycles. The number of hydrogen-bond donors (Lipinski definition) is 0. The van der Waals surface area contributed by atoms with Crippen LogP contribution in [0, 0.1) is 17.2 Å². The molecule has 1 aromatic carbocycles. The van der Waals surface area contributed by atoms with Crippen LogP contribution in [-0.2, 0) is 0 Å². The molecule has 1 heterocycles. The summed E-state index contributed by atoms with van der Waals surface area (Å²) in [7, 11) is 0. The summed E-state index contributed by atoms with van der Waals surface area (Å²) in [4.78, 5) is 8.03. The van der Waals surface area contributed by atoms with Gasteiger partial charge < -0.3 is 4.74 Å². The highest BCUT2D eigenvalue weighted by Gasteiger charge is 2.13. The van der Waals surface area contributed by atoms with E-state index in [2.05, 4.69) is 29.9 Å². The number of benzene rings is 1. The molecule has 5 heteroatoms. The van der Waals surface area contributed by atoms with E-state index in [-0.39, 0.29) is 5.28 Å². The van der Waals surface area contributed by atoms with Crippen molar-refractivity contribution in [3.63, 3.8) is 0 Å². The van der Waals surface area contributed by atoms with Crippen molar-refractivity contribution in [2.45, 2.75) is 13.8 Å². The van der Waals surface area contributed by atoms with E-state index in [9.17, 15) is 5.26 Å². The first-order valence-electron chi connectivity index (χ1n) is 6.26. The Kier molecular flexibility index (Phi) is 4.54. The van der Waals surface area contributed by atoms with Crippen molar-refractivity contribution >= 4 is 11.6 Å². The predicted molar refractivity (Wildman–Crippen MR) is 77.5 cm³/mol. The van der Waals surface area contributed by atoms with Gasteiger partial charge in [-0.2, -0.15) is 5.26 Å². The van der Waals surface area contributed by atoms with E-state index in [1.807, 2.05) is 6.07 Å². The zero-order chi connectivity index (χ0) is 14.5. The van der Waals surface area contributed by atoms with Gasteiger partial charge in [-0.05, 0) is 35.7 Å². The highest BCUT2D eigenvalue weighted by molar-refractivity contribution is 6.28. The van der Waals surface area contributed by atoms with Crippen LogP contribution >= 0.6 is 11.6 Å². The van der Waals surface area contributed by atoms with Gasteiger partial charge in [-0.1, -0.05) is 19.9 Å². The molecule has 0 aliphatic carbocycles. The molecule has 0 radical (unpaired) electrons. The van der Waals surface area contributed by atoms with E-state index in [1.165, 1.54) is 0 Å². The Bertz CT molecular complexity index is 650. The summed E-state index contributed by atoms with van der Waals surface area (Å²) in [6.45, 7) is 4.64. The Morgan fingerprint density at radius 2 is 2.15 bits per heavy atom. The van der Waals surface area contributed by atoms with E-state index in [1.54, 1.807) is 24.4 Å². The number of ether oxygens (including phenoxy) is 1. The lowest BCUT2D eigenvalue weighted by Crippen LogP contribution is -2.07. The van der Waals surface area contributed by atoms with Crippen molar-refractivity contribution in [1.82, 2.24) is 9.97 Å². The zero-order valence-electron chi connectivity index (χ0n) is 11.3. The molecule has 0 atom stereocenters. The highest BCUT2D eigenvalue weighted by atomic mass is 35.5. The summed E-state index contributed by atoms with van der Waals surface area (Å²) in [5, 5.41) is 9.39. The second-order valence-electron chi connectivity index (χ2n) is 4.71. The van der Waals surface area contributed by atoms with Crippen molar-refractivity contribution in [2.24, 2.45) is 5.92 Å². The van der Waals surface area contributed by atoms with Gasteiger partial charge in [0.2, 0.25) is 5.28 Å². The fourth-order valence-corrected chi connectivity index (χ4v) is 1.86. The molecule has 2 rings (SSSR count). The van der Waals surface area contributed by atoms with Crippen LogP contribution in [0.4, 0.5) is 0 Å². The molecule has 0 saturated heterocycles. The average molecular weight is 288 g/mol. The molecule has 0 unspecified atom stereocenters. The van der Waals surface area contributed by atoms with Gasteiger partial charge in [0.15, 0.2) is 0 Å². The molecule has 0 saturated carbocycles. The highest BCUT2D eigenvalue weighted by Crippen LogP contribution is 2.32. The predicted octanol–water partition coefficient (Wildman–Crippen LogP) is 3.70. The van der Waals surface area contributed by atoms with Crippen LogP contribution in [0.1, 0.15) is 19.4 Å². The van der Waals surface area contributed by atoms with E-state index in [0.29, 0.717) is 29.5 Å². The van der Waals surface area contributed by atoms with Crippen molar-refractivity contribution in [2.75, 3.05) is 6.61 Å². The first-order valence-corrected chi connectivity index (χ1v) is 6.64. The molecule has 0 aliphatic rings. The van der Waals surface area contributed by atoms with Gasteiger partial charge in [0.25, 0.3) is 0 Å². The SMILES string of the molecule is CC(C)COc1c(C#N)cccc1-c1ccnc(Cl)n1. The van der Waals surface area contributed by atoms with Gasteiger partial charge >= 0.3 is 0 Å². The second-order valence-corrected chi connectivity index (χ2v) is 5.05. The fraction of sp³-hybridized carbons (Fsp3) is 0.267. The van der Waals surface area contributed by atoms with E-state index in [0.717, 1.165) is 5.56 Å². The Morgan fingerprint density at radius 3 is 2.80 bits per heavy atom. The number of para-hydroxylation sites is 1. The Labute approximate surface area is 123 Å². The van der Waals surface area contributed by atoms with E-state index >= 15 is 0 Å². The second kappa shape index (κ2) is 6.36. The van der Waals surface area contributed by atoms with Crippen molar-refractivity contribution in [3.8, 4) is 23.1 Å². The molecule has 2 aromatic rings. The molecule has 1 aromatic heterocycles. The number of halogens is 1. The number of nitriles is 1. The number of hydrogen-bond acceptors (Lipinski definition) is 4. The molecule has 102 valence electrons. The molecule has 4 nitrogen and oxygen atoms in total. The van der Waals surface area contributed by atoms with Gasteiger partial charge in [-0.3, -0.25) is 0 Å². The van der Waals surface area contributed by atoms with Crippen LogP contribution in [-0.4, -0.2) is 16.6 Å². The summed E-state index contributed by atoms with van der Waals surface area (Å²) < 4.78 is 5.79. The Hall–Kier alpha value is -2.12. The topological polar surface area (TPSA) is 58.8 Å². The first-order chi connectivity index (χ1) is 9.61. The molecule has 0 amide bonds. The van der Waals surface area contributed by atoms with Crippen LogP contribution < -0.4 is 4.74 Å². The van der Waals surface area contributed by atoms with Crippen LogP contribution in [0.2, 0.25) is 5.28 Å². The van der Waals surface area contributed by atoms with Crippen LogP contribution in [0.3, 0.4) is 0 Å². The smallest absolute Gasteiger partial charge is 0.222 e. The van der Waals surface area contributed by atoms with Gasteiger partial charge in [-0.25, -0.2) is 9.97 Å². The molecule has 0 spiro atoms. The largest absolute Gasteiger partial charge is 0.491 e. The molecule has 0 N–H and O–H groups in total. The van der Waals surface area contributed by atoms with Crippen LogP contribution in [0.15, 0.2) is 30.5 Å². The van der Waals surface area contributed by atoms with Crippen molar-refractivity contribution < 1.29 is 4.74 Å². The molecular formula is C15H14ClN3O. The van der Waals surface area contributed by atoms with E-state index in [4.69, 9.17) is 16.3 Å². The number of rotatable bonds is 4. The lowest BCUT2D eigenvalue weighted by Gasteiger charge is -2.14. The van der Waals surface area contributed by atoms with Crippen LogP contribution in [0.25, 0.3) is 11.3 Å². The third kappa shape index (κ3) is 3.25. The summed E-state index contributed by atoms with van der Waals surface area (Å²) in [6, 6.07) is 9.26. The fourth-order valence-electron chi connectivity index (χ4n) is 1.72. The zero-order valence-corrected chi connectivity index (χ0v) is 12.1. The minimum atomic E-state index is 0.166. The molecule has 0 bridgehead atoms. The quantitative estimate of drug-likeness (QED) is 0.805. The van der Waals surface area contributed by atoms with Gasteiger partial charge in [0, 0.05) is 11.8 Å². The van der Waals surface area contributed by atoms with Crippen molar-refractivity contribution in [3.05, 3.63) is 41.3 Å². The third-order valence-electron chi connectivity index (χ3n) is 2.60. The average Bonchev–Trinajstić information content (AvgIpc) is 2.44. The first kappa shape index (κ1) is 14.3. The van der Waals surface area contributed by atoms with Crippen molar-refractivity contribution in [1.29, 1.82) is 5.26 Å². The molecular weight excluding hydrogens is 274 g/mol. The lowest BCUT2D eigenvalue weighted by atomic mass is 10.1. The summed E-state index contributed by atoms with van der Waals surface area (Å²) in [5.41, 5.74) is 1.87. The van der Waals surface area contributed by atoms with Gasteiger partial charge in [0.1, 0.15) is 11.8 Å². The normalized spacial score (nSPS) is 10.3. The maximum atomic E-state index is 9.22. The standard InChI is InChI=1S/C15H14ClN3O/c1-10(2)9-20-14-11(8-17)4-3-5-12(14)13-6-7-18-15(16)19-13/h3-7,10H,9H2,1-2H3. The van der Waals surface area contributed by atoms with Crippen LogP contribution in [0.5, 0.6) is 5.75 Å². The third-order valence-corrected chi connectivity index (χ3v) is 2.78. The lowest BCUT2D eigenvalue weighted by molar-refractivity contribution is 0.271. The molecule has 20 heavy (non-hydrogen) atoms. The Balaban J connectivity index is 2.49. The Morgan fingerprint density at radius 1 is 1.35 bits per heavy atom. The number of aromatic nitrogens is 2.